The molecule has 0 amide bonds. The van der Waals surface area contributed by atoms with Crippen molar-refractivity contribution < 1.29 is 50.1 Å². The van der Waals surface area contributed by atoms with Crippen LogP contribution in [0.25, 0.3) is 11.1 Å². The molecule has 0 saturated heterocycles. The van der Waals surface area contributed by atoms with E-state index in [1.165, 1.54) is 5.56 Å². The molecule has 0 aromatic heterocycles. The normalized spacial score (nSPS) is 11.0. The third-order valence-electron chi connectivity index (χ3n) is 8.08. The fraction of sp³-hybridized carbons (Fsp3) is 0.122. The van der Waals surface area contributed by atoms with Gasteiger partial charge in [0, 0.05) is 34.1 Å². The van der Waals surface area contributed by atoms with Gasteiger partial charge < -0.3 is 25.8 Å². The molecule has 0 heterocycles. The van der Waals surface area contributed by atoms with Crippen LogP contribution in [0.15, 0.2) is 152 Å². The molecule has 244 valence electrons. The van der Waals surface area contributed by atoms with E-state index < -0.39 is 7.60 Å². The average Bonchev–Trinajstić information content (AvgIpc) is 3.09. The van der Waals surface area contributed by atoms with Crippen LogP contribution in [0.1, 0.15) is 19.0 Å². The first-order valence-corrected chi connectivity index (χ1v) is 17.8. The van der Waals surface area contributed by atoms with E-state index in [1.54, 1.807) is 0 Å². The van der Waals surface area contributed by atoms with Gasteiger partial charge in [-0.3, -0.25) is 4.57 Å². The van der Waals surface area contributed by atoms with Gasteiger partial charge in [0.25, 0.3) is 0 Å². The molecule has 0 aliphatic carbocycles. The van der Waals surface area contributed by atoms with Gasteiger partial charge in [-0.2, -0.15) is 0 Å². The maximum atomic E-state index is 11.1. The van der Waals surface area contributed by atoms with Crippen LogP contribution in [0.4, 0.5) is 34.1 Å². The Balaban J connectivity index is 0.00000281. The summed E-state index contributed by atoms with van der Waals surface area (Å²) >= 11 is 0. The molecule has 0 radical (unpaired) electrons. The molecule has 0 spiro atoms. The van der Waals surface area contributed by atoms with Crippen LogP contribution < -0.4 is 44.1 Å². The van der Waals surface area contributed by atoms with E-state index in [2.05, 4.69) is 145 Å². The third-order valence-corrected chi connectivity index (χ3v) is 8.97. The minimum absolute atomic E-state index is 0. The zero-order valence-electron chi connectivity index (χ0n) is 29.1. The van der Waals surface area contributed by atoms with Gasteiger partial charge in [0.2, 0.25) is 0 Å². The first-order chi connectivity index (χ1) is 23.2. The summed E-state index contributed by atoms with van der Waals surface area (Å²) in [5.74, 6) is 0.653. The Labute approximate surface area is 312 Å². The van der Waals surface area contributed by atoms with Crippen LogP contribution in [0.3, 0.4) is 0 Å². The Morgan fingerprint density at radius 1 is 0.551 bits per heavy atom. The van der Waals surface area contributed by atoms with Crippen molar-refractivity contribution in [1.29, 1.82) is 0 Å². The van der Waals surface area contributed by atoms with Crippen LogP contribution in [0, 0.1) is 13.8 Å². The minimum Gasteiger partial charge on any atom is -1.00 e. The van der Waals surface area contributed by atoms with Crippen molar-refractivity contribution in [3.8, 4) is 16.9 Å². The second kappa shape index (κ2) is 16.5. The molecule has 0 aliphatic heterocycles. The van der Waals surface area contributed by atoms with Gasteiger partial charge in [-0.25, -0.2) is 0 Å². The minimum atomic E-state index is -4.02. The molecule has 6 aromatic carbocycles. The predicted octanol–water partition coefficient (Wildman–Crippen LogP) is 7.97. The molecule has 49 heavy (non-hydrogen) atoms. The maximum Gasteiger partial charge on any atom is 1.00 e. The van der Waals surface area contributed by atoms with E-state index in [9.17, 15) is 4.57 Å². The second-order valence-corrected chi connectivity index (χ2v) is 13.6. The predicted molar refractivity (Wildman–Crippen MR) is 199 cm³/mol. The van der Waals surface area contributed by atoms with Crippen molar-refractivity contribution in [2.45, 2.75) is 20.3 Å². The molecule has 0 saturated carbocycles. The molecular formula is C41H40N2NaO4P. The summed E-state index contributed by atoms with van der Waals surface area (Å²) in [6, 6.07) is 52.4. The Hall–Kier alpha value is -4.13. The van der Waals surface area contributed by atoms with Gasteiger partial charge in [0.05, 0.1) is 12.8 Å². The number of hydrogen-bond donors (Lipinski definition) is 2. The number of ether oxygens (including phenoxy) is 1. The number of para-hydroxylation sites is 1. The first kappa shape index (κ1) is 36.2. The number of hydrogen-bond acceptors (Lipinski definition) is 4. The van der Waals surface area contributed by atoms with E-state index in [-0.39, 0.29) is 50.2 Å². The van der Waals surface area contributed by atoms with E-state index in [0.717, 1.165) is 50.8 Å². The van der Waals surface area contributed by atoms with Gasteiger partial charge in [-0.05, 0) is 127 Å². The van der Waals surface area contributed by atoms with Gasteiger partial charge in [-0.15, -0.1) is 0 Å². The van der Waals surface area contributed by atoms with Crippen molar-refractivity contribution in [1.82, 2.24) is 0 Å². The van der Waals surface area contributed by atoms with Crippen molar-refractivity contribution in [2.24, 2.45) is 0 Å². The first-order valence-electron chi connectivity index (χ1n) is 16.0. The fourth-order valence-corrected chi connectivity index (χ4v) is 6.30. The average molecular weight is 679 g/mol. The van der Waals surface area contributed by atoms with Crippen molar-refractivity contribution in [3.63, 3.8) is 0 Å². The molecule has 0 bridgehead atoms. The molecule has 6 nitrogen and oxygen atoms in total. The van der Waals surface area contributed by atoms with Crippen LogP contribution in [0.5, 0.6) is 5.75 Å². The van der Waals surface area contributed by atoms with Gasteiger partial charge >= 0.3 is 37.2 Å². The van der Waals surface area contributed by atoms with Crippen molar-refractivity contribution in [2.75, 3.05) is 22.6 Å². The fourth-order valence-electron chi connectivity index (χ4n) is 5.76. The van der Waals surface area contributed by atoms with Gasteiger partial charge in [0.1, 0.15) is 5.75 Å². The van der Waals surface area contributed by atoms with E-state index >= 15 is 0 Å². The number of aryl methyl sites for hydroxylation is 2. The van der Waals surface area contributed by atoms with E-state index in [4.69, 9.17) is 14.5 Å². The van der Waals surface area contributed by atoms with Crippen molar-refractivity contribution >= 4 is 41.7 Å². The zero-order chi connectivity index (χ0) is 33.5. The Kier molecular flexibility index (Phi) is 12.2. The molecule has 6 rings (SSSR count). The Morgan fingerprint density at radius 3 is 1.39 bits per heavy atom. The zero-order valence-corrected chi connectivity index (χ0v) is 31.0. The molecule has 0 fully saturated rings. The molecule has 0 aliphatic rings. The molecule has 0 unspecified atom stereocenters. The third kappa shape index (κ3) is 9.52. The number of anilines is 6. The number of nitrogens with zero attached hydrogens (tertiary/aromatic N) is 2. The van der Waals surface area contributed by atoms with Gasteiger partial charge in [0.15, 0.2) is 0 Å². The topological polar surface area (TPSA) is 73.2 Å². The number of rotatable bonds is 12. The molecular weight excluding hydrogens is 638 g/mol. The molecule has 0 atom stereocenters. The summed E-state index contributed by atoms with van der Waals surface area (Å²) in [5, 5.41) is 0. The smallest absolute Gasteiger partial charge is 1.00 e. The molecule has 8 heteroatoms. The summed E-state index contributed by atoms with van der Waals surface area (Å²) in [6.45, 7) is 4.44. The number of benzene rings is 6. The van der Waals surface area contributed by atoms with Crippen LogP contribution in [-0.4, -0.2) is 22.6 Å². The summed E-state index contributed by atoms with van der Waals surface area (Å²) < 4.78 is 16.9. The van der Waals surface area contributed by atoms with Crippen LogP contribution in [0.2, 0.25) is 0 Å². The molecule has 6 aromatic rings. The van der Waals surface area contributed by atoms with E-state index in [0.29, 0.717) is 5.75 Å². The Morgan fingerprint density at radius 2 is 0.959 bits per heavy atom. The Bertz CT molecular complexity index is 2000. The summed E-state index contributed by atoms with van der Waals surface area (Å²) in [4.78, 5) is 22.7. The summed E-state index contributed by atoms with van der Waals surface area (Å²) in [6.07, 6.45) is 0.0976. The second-order valence-electron chi connectivity index (χ2n) is 11.9. The summed E-state index contributed by atoms with van der Waals surface area (Å²) in [7, 11) is -4.02. The van der Waals surface area contributed by atoms with Crippen molar-refractivity contribution in [3.05, 3.63) is 163 Å². The van der Waals surface area contributed by atoms with Crippen LogP contribution >= 0.6 is 7.60 Å². The maximum absolute atomic E-state index is 11.1. The quantitative estimate of drug-likeness (QED) is 0.0778. The van der Waals surface area contributed by atoms with Gasteiger partial charge in [-0.1, -0.05) is 66.7 Å². The largest absolute Gasteiger partial charge is 1.00 e. The monoisotopic (exact) mass is 678 g/mol. The van der Waals surface area contributed by atoms with E-state index in [1.807, 2.05) is 30.3 Å². The van der Waals surface area contributed by atoms with Crippen LogP contribution in [-0.2, 0) is 4.57 Å². The molecule has 2 N–H and O–H groups in total. The summed E-state index contributed by atoms with van der Waals surface area (Å²) in [5.41, 5.74) is 11.0. The standard InChI is InChI=1S/C41H39N2O4P.Na.H/c1-31-9-6-13-39(29-31)42(35-11-4-3-5-12-35)36-19-15-33(16-20-36)34-17-21-37(22-18-34)43(40-14-7-10-32(2)30-40)38-23-25-41(26-24-38)47-27-8-28-48(44,45)46;;/h3-7,9-26,29-30H,8,27-28H2,1-2H3,(H2,44,45,46);;/q;+1;-1. The SMILES string of the molecule is Cc1cccc(N(c2ccccc2)c2ccc(-c3ccc(N(c4ccc(OCCCP(=O)(O)O)cc4)c4cccc(C)c4)cc3)cc2)c1.[H-].[Na+].